The number of amides is 2. The van der Waals surface area contributed by atoms with E-state index in [-0.39, 0.29) is 18.2 Å². The quantitative estimate of drug-likeness (QED) is 0.721. The number of hydrogen-bond donors (Lipinski definition) is 2. The Balaban J connectivity index is 1.40. The molecule has 0 saturated carbocycles. The number of aryl methyl sites for hydroxylation is 2. The van der Waals surface area contributed by atoms with Crippen molar-refractivity contribution in [1.29, 1.82) is 0 Å². The minimum Gasteiger partial charge on any atom is -0.493 e. The minimum absolute atomic E-state index is 0.0167. The highest BCUT2D eigenvalue weighted by Crippen LogP contribution is 2.29. The zero-order chi connectivity index (χ0) is 20.1. The van der Waals surface area contributed by atoms with E-state index in [4.69, 9.17) is 9.47 Å². The highest BCUT2D eigenvalue weighted by molar-refractivity contribution is 5.99. The summed E-state index contributed by atoms with van der Waals surface area (Å²) in [6.07, 6.45) is -0.153. The fourth-order valence-electron chi connectivity index (χ4n) is 3.10. The number of rotatable bonds is 7. The van der Waals surface area contributed by atoms with E-state index in [1.54, 1.807) is 12.1 Å². The third-order valence-electron chi connectivity index (χ3n) is 4.74. The van der Waals surface area contributed by atoms with Gasteiger partial charge in [-0.1, -0.05) is 18.2 Å². The van der Waals surface area contributed by atoms with Gasteiger partial charge in [-0.2, -0.15) is 0 Å². The molecule has 1 heterocycles. The Morgan fingerprint density at radius 2 is 2.00 bits per heavy atom. The minimum atomic E-state index is -0.816. The number of anilines is 1. The maximum absolute atomic E-state index is 12.1. The van der Waals surface area contributed by atoms with Crippen molar-refractivity contribution in [2.75, 3.05) is 18.5 Å². The van der Waals surface area contributed by atoms with Gasteiger partial charge in [-0.3, -0.25) is 9.59 Å². The molecule has 0 saturated heterocycles. The molecule has 2 aromatic carbocycles. The Morgan fingerprint density at radius 1 is 1.21 bits per heavy atom. The van der Waals surface area contributed by atoms with Crippen molar-refractivity contribution in [1.82, 2.24) is 5.32 Å². The SMILES string of the molecule is Cc1cc(C)c(C)c(OCCCNC(=O)C[C@@H]2Oc3ccccc3NC2=O)c1. The number of carbonyl (C=O) groups is 2. The summed E-state index contributed by atoms with van der Waals surface area (Å²) in [6, 6.07) is 11.3. The summed E-state index contributed by atoms with van der Waals surface area (Å²) in [5, 5.41) is 5.58. The zero-order valence-corrected chi connectivity index (χ0v) is 16.5. The molecule has 28 heavy (non-hydrogen) atoms. The van der Waals surface area contributed by atoms with Crippen LogP contribution in [-0.4, -0.2) is 31.1 Å². The van der Waals surface area contributed by atoms with Gasteiger partial charge in [0.25, 0.3) is 5.91 Å². The van der Waals surface area contributed by atoms with Crippen LogP contribution in [0, 0.1) is 20.8 Å². The Bertz CT molecular complexity index is 879. The van der Waals surface area contributed by atoms with Gasteiger partial charge in [-0.25, -0.2) is 0 Å². The van der Waals surface area contributed by atoms with E-state index in [2.05, 4.69) is 23.6 Å². The number of ether oxygens (including phenoxy) is 2. The predicted octanol–water partition coefficient (Wildman–Crippen LogP) is 3.29. The van der Waals surface area contributed by atoms with Crippen molar-refractivity contribution in [3.63, 3.8) is 0 Å². The lowest BCUT2D eigenvalue weighted by atomic mass is 10.1. The van der Waals surface area contributed by atoms with Crippen LogP contribution in [0.5, 0.6) is 11.5 Å². The van der Waals surface area contributed by atoms with Gasteiger partial charge in [0.2, 0.25) is 5.91 Å². The van der Waals surface area contributed by atoms with Crippen molar-refractivity contribution >= 4 is 17.5 Å². The maximum atomic E-state index is 12.1. The summed E-state index contributed by atoms with van der Waals surface area (Å²) in [5.74, 6) is 0.941. The Kier molecular flexibility index (Phi) is 6.19. The van der Waals surface area contributed by atoms with Gasteiger partial charge in [-0.05, 0) is 62.1 Å². The van der Waals surface area contributed by atoms with Crippen molar-refractivity contribution in [3.05, 3.63) is 53.1 Å². The average Bonchev–Trinajstić information content (AvgIpc) is 2.65. The molecule has 0 unspecified atom stereocenters. The standard InChI is InChI=1S/C22H26N2O4/c1-14-11-15(2)16(3)19(12-14)27-10-6-9-23-21(25)13-20-22(26)24-17-7-4-5-8-18(17)28-20/h4-5,7-8,11-12,20H,6,9-10,13H2,1-3H3,(H,23,25)(H,24,26)/t20-/m0/s1. The number of hydrogen-bond acceptors (Lipinski definition) is 4. The van der Waals surface area contributed by atoms with Gasteiger partial charge in [0.1, 0.15) is 11.5 Å². The highest BCUT2D eigenvalue weighted by Gasteiger charge is 2.29. The van der Waals surface area contributed by atoms with Crippen molar-refractivity contribution in [2.45, 2.75) is 39.7 Å². The number of benzene rings is 2. The third kappa shape index (κ3) is 4.82. The molecular formula is C22H26N2O4. The first-order chi connectivity index (χ1) is 13.4. The second kappa shape index (κ2) is 8.78. The summed E-state index contributed by atoms with van der Waals surface area (Å²) >= 11 is 0. The van der Waals surface area contributed by atoms with Gasteiger partial charge >= 0.3 is 0 Å². The predicted molar refractivity (Wildman–Crippen MR) is 108 cm³/mol. The first kappa shape index (κ1) is 19.7. The van der Waals surface area contributed by atoms with Crippen molar-refractivity contribution in [2.24, 2.45) is 0 Å². The lowest BCUT2D eigenvalue weighted by Gasteiger charge is -2.25. The van der Waals surface area contributed by atoms with Crippen LogP contribution < -0.4 is 20.1 Å². The molecule has 148 valence electrons. The maximum Gasteiger partial charge on any atom is 0.266 e. The van der Waals surface area contributed by atoms with Crippen LogP contribution in [0.2, 0.25) is 0 Å². The molecule has 0 bridgehead atoms. The Labute approximate surface area is 165 Å². The van der Waals surface area contributed by atoms with Crippen LogP contribution in [0.3, 0.4) is 0 Å². The molecule has 6 heteroatoms. The van der Waals surface area contributed by atoms with E-state index in [1.165, 1.54) is 11.1 Å². The molecule has 3 rings (SSSR count). The molecule has 2 aromatic rings. The molecule has 0 aromatic heterocycles. The van der Waals surface area contributed by atoms with Gasteiger partial charge in [0, 0.05) is 6.54 Å². The zero-order valence-electron chi connectivity index (χ0n) is 16.5. The molecule has 0 aliphatic carbocycles. The van der Waals surface area contributed by atoms with Gasteiger partial charge in [0.05, 0.1) is 18.7 Å². The van der Waals surface area contributed by atoms with Crippen molar-refractivity contribution in [3.8, 4) is 11.5 Å². The highest BCUT2D eigenvalue weighted by atomic mass is 16.5. The van der Waals surface area contributed by atoms with Gasteiger partial charge < -0.3 is 20.1 Å². The summed E-state index contributed by atoms with van der Waals surface area (Å²) in [7, 11) is 0. The third-order valence-corrected chi connectivity index (χ3v) is 4.74. The van der Waals surface area contributed by atoms with Crippen LogP contribution in [0.15, 0.2) is 36.4 Å². The van der Waals surface area contributed by atoms with Crippen LogP contribution in [0.4, 0.5) is 5.69 Å². The fourth-order valence-corrected chi connectivity index (χ4v) is 3.10. The molecule has 0 fully saturated rings. The summed E-state index contributed by atoms with van der Waals surface area (Å²) in [4.78, 5) is 24.2. The molecule has 2 amide bonds. The molecule has 2 N–H and O–H groups in total. The average molecular weight is 382 g/mol. The van der Waals surface area contributed by atoms with E-state index in [1.807, 2.05) is 32.0 Å². The lowest BCUT2D eigenvalue weighted by Crippen LogP contribution is -2.41. The first-order valence-corrected chi connectivity index (χ1v) is 9.48. The van der Waals surface area contributed by atoms with Crippen LogP contribution in [0.1, 0.15) is 29.5 Å². The number of nitrogens with one attached hydrogen (secondary N) is 2. The smallest absolute Gasteiger partial charge is 0.266 e. The lowest BCUT2D eigenvalue weighted by molar-refractivity contribution is -0.130. The molecule has 1 aliphatic heterocycles. The molecule has 6 nitrogen and oxygen atoms in total. The molecular weight excluding hydrogens is 356 g/mol. The Morgan fingerprint density at radius 3 is 2.82 bits per heavy atom. The molecule has 0 radical (unpaired) electrons. The topological polar surface area (TPSA) is 76.7 Å². The van der Waals surface area contributed by atoms with Gasteiger partial charge in [-0.15, -0.1) is 0 Å². The monoisotopic (exact) mass is 382 g/mol. The van der Waals surface area contributed by atoms with E-state index < -0.39 is 6.10 Å². The summed E-state index contributed by atoms with van der Waals surface area (Å²) < 4.78 is 11.5. The fraction of sp³-hybridized carbons (Fsp3) is 0.364. The van der Waals surface area contributed by atoms with Crippen LogP contribution in [0.25, 0.3) is 0 Å². The second-order valence-electron chi connectivity index (χ2n) is 7.05. The summed E-state index contributed by atoms with van der Waals surface area (Å²) in [5.41, 5.74) is 4.13. The molecule has 1 aliphatic rings. The number of para-hydroxylation sites is 2. The first-order valence-electron chi connectivity index (χ1n) is 9.48. The van der Waals surface area contributed by atoms with E-state index in [9.17, 15) is 9.59 Å². The van der Waals surface area contributed by atoms with Crippen LogP contribution >= 0.6 is 0 Å². The van der Waals surface area contributed by atoms with E-state index in [0.29, 0.717) is 31.0 Å². The number of fused-ring (bicyclic) bond motifs is 1. The second-order valence-corrected chi connectivity index (χ2v) is 7.05. The number of carbonyl (C=O) groups excluding carboxylic acids is 2. The van der Waals surface area contributed by atoms with E-state index in [0.717, 1.165) is 11.3 Å². The van der Waals surface area contributed by atoms with E-state index >= 15 is 0 Å². The normalized spacial score (nSPS) is 15.2. The van der Waals surface area contributed by atoms with Crippen molar-refractivity contribution < 1.29 is 19.1 Å². The summed E-state index contributed by atoms with van der Waals surface area (Å²) in [6.45, 7) is 7.14. The molecule has 0 spiro atoms. The van der Waals surface area contributed by atoms with Gasteiger partial charge in [0.15, 0.2) is 6.10 Å². The Hall–Kier alpha value is -3.02. The largest absolute Gasteiger partial charge is 0.493 e. The van der Waals surface area contributed by atoms with Crippen LogP contribution in [-0.2, 0) is 9.59 Å². The molecule has 1 atom stereocenters.